The molecule has 1 atom stereocenters. The molecule has 0 aromatic carbocycles. The van der Waals surface area contributed by atoms with E-state index in [1.54, 1.807) is 0 Å². The van der Waals surface area contributed by atoms with Crippen LogP contribution < -0.4 is 5.32 Å². The molecule has 0 bridgehead atoms. The zero-order valence-corrected chi connectivity index (χ0v) is 9.08. The van der Waals surface area contributed by atoms with Crippen molar-refractivity contribution < 1.29 is 5.11 Å². The van der Waals surface area contributed by atoms with Gasteiger partial charge in [-0.2, -0.15) is 0 Å². The molecule has 1 unspecified atom stereocenters. The number of hydrogen-bond acceptors (Lipinski definition) is 3. The normalized spacial score (nSPS) is 24.2. The molecule has 0 aromatic rings. The van der Waals surface area contributed by atoms with Gasteiger partial charge in [0, 0.05) is 25.2 Å². The van der Waals surface area contributed by atoms with Crippen LogP contribution in [0.1, 0.15) is 32.6 Å². The number of rotatable bonds is 7. The van der Waals surface area contributed by atoms with E-state index in [-0.39, 0.29) is 6.10 Å². The third kappa shape index (κ3) is 3.23. The Kier molecular flexibility index (Phi) is 3.42. The minimum absolute atomic E-state index is 0.184. The molecular formula is C11H22N2O. The summed E-state index contributed by atoms with van der Waals surface area (Å²) < 4.78 is 0. The Morgan fingerprint density at radius 2 is 2.07 bits per heavy atom. The highest BCUT2D eigenvalue weighted by Gasteiger charge is 2.29. The monoisotopic (exact) mass is 198 g/mol. The van der Waals surface area contributed by atoms with Crippen molar-refractivity contribution in [3.05, 3.63) is 0 Å². The van der Waals surface area contributed by atoms with Crippen molar-refractivity contribution in [2.24, 2.45) is 0 Å². The molecule has 2 aliphatic carbocycles. The van der Waals surface area contributed by atoms with Gasteiger partial charge < -0.3 is 10.4 Å². The fraction of sp³-hybridized carbons (Fsp3) is 1.00. The summed E-state index contributed by atoms with van der Waals surface area (Å²) in [5, 5.41) is 13.2. The number of nitrogens with one attached hydrogen (secondary N) is 1. The molecule has 82 valence electrons. The number of aliphatic hydroxyl groups excluding tert-OH is 1. The summed E-state index contributed by atoms with van der Waals surface area (Å²) in [5.41, 5.74) is 0. The fourth-order valence-electron chi connectivity index (χ4n) is 1.90. The molecule has 2 rings (SSSR count). The molecule has 2 aliphatic rings. The minimum atomic E-state index is -0.184. The maximum atomic E-state index is 9.80. The average Bonchev–Trinajstić information content (AvgIpc) is 3.04. The van der Waals surface area contributed by atoms with Gasteiger partial charge >= 0.3 is 0 Å². The zero-order chi connectivity index (χ0) is 9.97. The van der Waals surface area contributed by atoms with Crippen molar-refractivity contribution in [3.8, 4) is 0 Å². The molecule has 0 saturated heterocycles. The molecule has 3 heteroatoms. The predicted octanol–water partition coefficient (Wildman–Crippen LogP) is 0.584. The molecule has 2 saturated carbocycles. The summed E-state index contributed by atoms with van der Waals surface area (Å²) in [6, 6.07) is 1.48. The van der Waals surface area contributed by atoms with Gasteiger partial charge in [-0.15, -0.1) is 0 Å². The van der Waals surface area contributed by atoms with E-state index >= 15 is 0 Å². The van der Waals surface area contributed by atoms with E-state index in [1.807, 2.05) is 0 Å². The predicted molar refractivity (Wildman–Crippen MR) is 57.3 cm³/mol. The minimum Gasteiger partial charge on any atom is -0.390 e. The fourth-order valence-corrected chi connectivity index (χ4v) is 1.90. The topological polar surface area (TPSA) is 35.5 Å². The lowest BCUT2D eigenvalue weighted by atomic mass is 10.3. The summed E-state index contributed by atoms with van der Waals surface area (Å²) in [4.78, 5) is 2.40. The number of likely N-dealkylation sites (N-methyl/N-ethyl adjacent to an activating group) is 1. The van der Waals surface area contributed by atoms with Crippen molar-refractivity contribution in [2.45, 2.75) is 50.8 Å². The third-order valence-corrected chi connectivity index (χ3v) is 3.13. The van der Waals surface area contributed by atoms with Crippen LogP contribution in [0.5, 0.6) is 0 Å². The van der Waals surface area contributed by atoms with E-state index in [1.165, 1.54) is 25.7 Å². The van der Waals surface area contributed by atoms with Gasteiger partial charge in [0.2, 0.25) is 0 Å². The second kappa shape index (κ2) is 4.60. The average molecular weight is 198 g/mol. The lowest BCUT2D eigenvalue weighted by Crippen LogP contribution is -2.39. The highest BCUT2D eigenvalue weighted by atomic mass is 16.3. The van der Waals surface area contributed by atoms with Gasteiger partial charge in [0.1, 0.15) is 0 Å². The SMILES string of the molecule is CCN(CC(O)CNC1CC1)C1CC1. The zero-order valence-electron chi connectivity index (χ0n) is 9.08. The quantitative estimate of drug-likeness (QED) is 0.628. The summed E-state index contributed by atoms with van der Waals surface area (Å²) in [7, 11) is 0. The van der Waals surface area contributed by atoms with Gasteiger partial charge in [-0.1, -0.05) is 6.92 Å². The van der Waals surface area contributed by atoms with Crippen molar-refractivity contribution in [2.75, 3.05) is 19.6 Å². The van der Waals surface area contributed by atoms with Crippen LogP contribution in [0.15, 0.2) is 0 Å². The highest BCUT2D eigenvalue weighted by molar-refractivity contribution is 4.86. The van der Waals surface area contributed by atoms with Crippen LogP contribution in [0.2, 0.25) is 0 Å². The van der Waals surface area contributed by atoms with Gasteiger partial charge in [-0.25, -0.2) is 0 Å². The first-order chi connectivity index (χ1) is 6.79. The molecule has 3 nitrogen and oxygen atoms in total. The first-order valence-electron chi connectivity index (χ1n) is 5.95. The third-order valence-electron chi connectivity index (χ3n) is 3.13. The van der Waals surface area contributed by atoms with Gasteiger partial charge in [-0.3, -0.25) is 4.90 Å². The molecule has 0 aromatic heterocycles. The maximum Gasteiger partial charge on any atom is 0.0791 e. The summed E-state index contributed by atoms with van der Waals surface area (Å²) in [5.74, 6) is 0. The Labute approximate surface area is 86.5 Å². The Hall–Kier alpha value is -0.120. The molecule has 0 aliphatic heterocycles. The van der Waals surface area contributed by atoms with Crippen molar-refractivity contribution in [1.82, 2.24) is 10.2 Å². The molecule has 0 heterocycles. The molecule has 0 spiro atoms. The van der Waals surface area contributed by atoms with Gasteiger partial charge in [0.05, 0.1) is 6.10 Å². The van der Waals surface area contributed by atoms with Gasteiger partial charge in [-0.05, 0) is 32.2 Å². The Morgan fingerprint density at radius 3 is 2.57 bits per heavy atom. The van der Waals surface area contributed by atoms with E-state index in [4.69, 9.17) is 0 Å². The molecule has 0 amide bonds. The lowest BCUT2D eigenvalue weighted by Gasteiger charge is -2.23. The van der Waals surface area contributed by atoms with Crippen LogP contribution in [-0.4, -0.2) is 47.8 Å². The van der Waals surface area contributed by atoms with Crippen molar-refractivity contribution in [3.63, 3.8) is 0 Å². The van der Waals surface area contributed by atoms with Crippen LogP contribution >= 0.6 is 0 Å². The van der Waals surface area contributed by atoms with Crippen LogP contribution in [0, 0.1) is 0 Å². The molecular weight excluding hydrogens is 176 g/mol. The summed E-state index contributed by atoms with van der Waals surface area (Å²) >= 11 is 0. The Bertz CT molecular complexity index is 178. The lowest BCUT2D eigenvalue weighted by molar-refractivity contribution is 0.110. The van der Waals surface area contributed by atoms with Gasteiger partial charge in [0.25, 0.3) is 0 Å². The van der Waals surface area contributed by atoms with Crippen LogP contribution in [0.4, 0.5) is 0 Å². The van der Waals surface area contributed by atoms with E-state index in [2.05, 4.69) is 17.1 Å². The van der Waals surface area contributed by atoms with E-state index in [0.717, 1.165) is 25.7 Å². The summed E-state index contributed by atoms with van der Waals surface area (Å²) in [6.07, 6.45) is 5.07. The standard InChI is InChI=1S/C11H22N2O/c1-2-13(10-5-6-10)8-11(14)7-12-9-3-4-9/h9-12,14H,2-8H2,1H3. The first kappa shape index (κ1) is 10.4. The van der Waals surface area contributed by atoms with Crippen LogP contribution in [0.3, 0.4) is 0 Å². The molecule has 0 radical (unpaired) electrons. The van der Waals surface area contributed by atoms with E-state index in [0.29, 0.717) is 6.04 Å². The van der Waals surface area contributed by atoms with Crippen LogP contribution in [0.25, 0.3) is 0 Å². The van der Waals surface area contributed by atoms with Crippen molar-refractivity contribution >= 4 is 0 Å². The van der Waals surface area contributed by atoms with E-state index < -0.39 is 0 Å². The molecule has 2 N–H and O–H groups in total. The second-order valence-electron chi connectivity index (χ2n) is 4.66. The molecule has 14 heavy (non-hydrogen) atoms. The number of hydrogen-bond donors (Lipinski definition) is 2. The number of aliphatic hydroxyl groups is 1. The van der Waals surface area contributed by atoms with Gasteiger partial charge in [0.15, 0.2) is 0 Å². The highest BCUT2D eigenvalue weighted by Crippen LogP contribution is 2.26. The number of nitrogens with zero attached hydrogens (tertiary/aromatic N) is 1. The first-order valence-corrected chi connectivity index (χ1v) is 5.95. The van der Waals surface area contributed by atoms with E-state index in [9.17, 15) is 5.11 Å². The smallest absolute Gasteiger partial charge is 0.0791 e. The Balaban J connectivity index is 1.60. The second-order valence-corrected chi connectivity index (χ2v) is 4.66. The van der Waals surface area contributed by atoms with Crippen molar-refractivity contribution in [1.29, 1.82) is 0 Å². The largest absolute Gasteiger partial charge is 0.390 e. The maximum absolute atomic E-state index is 9.80. The molecule has 2 fully saturated rings. The van der Waals surface area contributed by atoms with Crippen LogP contribution in [-0.2, 0) is 0 Å². The summed E-state index contributed by atoms with van der Waals surface area (Å²) in [6.45, 7) is 4.87. The Morgan fingerprint density at radius 1 is 1.36 bits per heavy atom.